The van der Waals surface area contributed by atoms with Crippen LogP contribution in [0.5, 0.6) is 5.75 Å². The fraction of sp³-hybridized carbons (Fsp3) is 0.385. The van der Waals surface area contributed by atoms with Gasteiger partial charge in [-0.25, -0.2) is 9.37 Å². The Labute approximate surface area is 220 Å². The topological polar surface area (TPSA) is 85.8 Å². The van der Waals surface area contributed by atoms with Crippen molar-refractivity contribution in [2.24, 2.45) is 0 Å². The van der Waals surface area contributed by atoms with E-state index in [4.69, 9.17) is 4.74 Å². The highest BCUT2D eigenvalue weighted by atomic mass is 79.9. The van der Waals surface area contributed by atoms with Crippen molar-refractivity contribution < 1.29 is 14.2 Å². The van der Waals surface area contributed by atoms with E-state index in [2.05, 4.69) is 52.4 Å². The van der Waals surface area contributed by atoms with Crippen LogP contribution < -0.4 is 20.3 Å². The summed E-state index contributed by atoms with van der Waals surface area (Å²) in [5, 5.41) is 16.9. The van der Waals surface area contributed by atoms with E-state index in [1.807, 2.05) is 34.1 Å². The molecule has 1 heterocycles. The third-order valence-electron chi connectivity index (χ3n) is 5.70. The summed E-state index contributed by atoms with van der Waals surface area (Å²) in [7, 11) is 7.78. The number of likely N-dealkylation sites (N-methyl/N-ethyl adjacent to an activating group) is 2. The van der Waals surface area contributed by atoms with Gasteiger partial charge in [0.25, 0.3) is 0 Å². The summed E-state index contributed by atoms with van der Waals surface area (Å²) in [5.41, 5.74) is 2.57. The predicted octanol–water partition coefficient (Wildman–Crippen LogP) is 5.41. The van der Waals surface area contributed by atoms with Gasteiger partial charge in [-0.2, -0.15) is 4.98 Å². The molecule has 0 saturated heterocycles. The molecule has 0 aliphatic heterocycles. The lowest BCUT2D eigenvalue weighted by atomic mass is 9.96. The van der Waals surface area contributed by atoms with Crippen LogP contribution in [0, 0.1) is 12.7 Å². The number of halogens is 2. The highest BCUT2D eigenvalue weighted by Gasteiger charge is 2.22. The molecule has 0 atom stereocenters. The first-order valence-electron chi connectivity index (χ1n) is 11.5. The SMILES string of the molecule is COc1cc(Nc2ncc(Br)c(Nc3cc(F)ccc3C(C)(C)O)n2)c(C)cc1N(C)CCN(C)C. The smallest absolute Gasteiger partial charge is 0.229 e. The van der Waals surface area contributed by atoms with Crippen molar-refractivity contribution in [1.82, 2.24) is 14.9 Å². The van der Waals surface area contributed by atoms with Gasteiger partial charge >= 0.3 is 0 Å². The number of ether oxygens (including phenoxy) is 1. The van der Waals surface area contributed by atoms with Gasteiger partial charge in [0.15, 0.2) is 0 Å². The van der Waals surface area contributed by atoms with Crippen LogP contribution in [0.25, 0.3) is 0 Å². The van der Waals surface area contributed by atoms with Crippen molar-refractivity contribution in [1.29, 1.82) is 0 Å². The number of hydrogen-bond acceptors (Lipinski definition) is 8. The predicted molar refractivity (Wildman–Crippen MR) is 147 cm³/mol. The molecule has 0 bridgehead atoms. The summed E-state index contributed by atoms with van der Waals surface area (Å²) in [6.45, 7) is 7.07. The Balaban J connectivity index is 1.90. The molecule has 36 heavy (non-hydrogen) atoms. The van der Waals surface area contributed by atoms with Gasteiger partial charge in [-0.3, -0.25) is 0 Å². The second kappa shape index (κ2) is 11.4. The third kappa shape index (κ3) is 6.83. The Morgan fingerprint density at radius 1 is 1.08 bits per heavy atom. The maximum Gasteiger partial charge on any atom is 0.229 e. The zero-order valence-electron chi connectivity index (χ0n) is 21.8. The van der Waals surface area contributed by atoms with Crippen molar-refractivity contribution in [2.45, 2.75) is 26.4 Å². The first kappa shape index (κ1) is 27.6. The molecule has 3 N–H and O–H groups in total. The first-order chi connectivity index (χ1) is 16.9. The van der Waals surface area contributed by atoms with E-state index in [1.54, 1.807) is 33.2 Å². The van der Waals surface area contributed by atoms with Crippen molar-refractivity contribution in [3.05, 3.63) is 57.9 Å². The number of methoxy groups -OCH3 is 1. The number of nitrogens with one attached hydrogen (secondary N) is 2. The number of benzene rings is 2. The molecular weight excluding hydrogens is 527 g/mol. The average molecular weight is 562 g/mol. The van der Waals surface area contributed by atoms with Gasteiger partial charge in [-0.15, -0.1) is 0 Å². The molecule has 0 spiro atoms. The Kier molecular flexibility index (Phi) is 8.76. The lowest BCUT2D eigenvalue weighted by Crippen LogP contribution is -2.28. The minimum absolute atomic E-state index is 0.348. The van der Waals surface area contributed by atoms with Gasteiger partial charge in [0.1, 0.15) is 17.4 Å². The molecule has 0 aliphatic rings. The van der Waals surface area contributed by atoms with Crippen LogP contribution in [0.3, 0.4) is 0 Å². The van der Waals surface area contributed by atoms with Crippen LogP contribution in [-0.4, -0.2) is 61.3 Å². The van der Waals surface area contributed by atoms with Gasteiger partial charge < -0.3 is 30.3 Å². The van der Waals surface area contributed by atoms with Crippen LogP contribution in [0.2, 0.25) is 0 Å². The number of aryl methyl sites for hydroxylation is 1. The van der Waals surface area contributed by atoms with Crippen LogP contribution >= 0.6 is 15.9 Å². The van der Waals surface area contributed by atoms with Crippen LogP contribution in [0.15, 0.2) is 41.0 Å². The van der Waals surface area contributed by atoms with Crippen molar-refractivity contribution in [3.8, 4) is 5.75 Å². The number of hydrogen-bond donors (Lipinski definition) is 3. The monoisotopic (exact) mass is 560 g/mol. The van der Waals surface area contributed by atoms with Gasteiger partial charge in [0.2, 0.25) is 5.95 Å². The number of anilines is 5. The van der Waals surface area contributed by atoms with Crippen molar-refractivity contribution >= 4 is 44.8 Å². The van der Waals surface area contributed by atoms with E-state index < -0.39 is 11.4 Å². The van der Waals surface area contributed by atoms with E-state index in [-0.39, 0.29) is 0 Å². The average Bonchev–Trinajstić information content (AvgIpc) is 2.79. The van der Waals surface area contributed by atoms with E-state index in [9.17, 15) is 9.50 Å². The molecule has 0 saturated carbocycles. The number of rotatable bonds is 10. The summed E-state index contributed by atoms with van der Waals surface area (Å²) in [6, 6.07) is 8.19. The Hall–Kier alpha value is -2.95. The van der Waals surface area contributed by atoms with Gasteiger partial charge in [0, 0.05) is 49.3 Å². The summed E-state index contributed by atoms with van der Waals surface area (Å²) in [5.74, 6) is 1.08. The quantitative estimate of drug-likeness (QED) is 0.303. The molecule has 1 aromatic heterocycles. The zero-order valence-corrected chi connectivity index (χ0v) is 23.4. The maximum absolute atomic E-state index is 14.0. The van der Waals surface area contributed by atoms with Crippen LogP contribution in [0.4, 0.5) is 33.2 Å². The highest BCUT2D eigenvalue weighted by Crippen LogP contribution is 2.36. The van der Waals surface area contributed by atoms with E-state index in [0.29, 0.717) is 27.5 Å². The molecular formula is C26H34BrFN6O2. The van der Waals surface area contributed by atoms with E-state index in [1.165, 1.54) is 12.1 Å². The third-order valence-corrected chi connectivity index (χ3v) is 6.28. The molecule has 8 nitrogen and oxygen atoms in total. The Morgan fingerprint density at radius 3 is 2.44 bits per heavy atom. The summed E-state index contributed by atoms with van der Waals surface area (Å²) >= 11 is 3.45. The molecule has 3 aromatic rings. The van der Waals surface area contributed by atoms with Gasteiger partial charge in [-0.05, 0) is 74.6 Å². The largest absolute Gasteiger partial charge is 0.495 e. The molecule has 2 aromatic carbocycles. The van der Waals surface area contributed by atoms with Crippen LogP contribution in [-0.2, 0) is 5.60 Å². The highest BCUT2D eigenvalue weighted by molar-refractivity contribution is 9.10. The fourth-order valence-electron chi connectivity index (χ4n) is 3.66. The van der Waals surface area contributed by atoms with Crippen molar-refractivity contribution in [3.63, 3.8) is 0 Å². The maximum atomic E-state index is 14.0. The summed E-state index contributed by atoms with van der Waals surface area (Å²) < 4.78 is 20.3. The standard InChI is InChI=1S/C26H34BrFN6O2/c1-16-12-22(34(6)11-10-33(4)5)23(36-7)14-20(16)31-25-29-15-19(27)24(32-25)30-21-13-17(28)8-9-18(21)26(2,3)35/h8-9,12-15,35H,10-11H2,1-7H3,(H2,29,30,31,32). The molecule has 0 amide bonds. The lowest BCUT2D eigenvalue weighted by Gasteiger charge is -2.25. The van der Waals surface area contributed by atoms with E-state index >= 15 is 0 Å². The zero-order chi connectivity index (χ0) is 26.6. The number of aromatic nitrogens is 2. The van der Waals surface area contributed by atoms with Crippen molar-refractivity contribution in [2.75, 3.05) is 56.9 Å². The first-order valence-corrected chi connectivity index (χ1v) is 12.3. The molecule has 194 valence electrons. The minimum Gasteiger partial charge on any atom is -0.495 e. The normalized spacial score (nSPS) is 11.5. The molecule has 0 unspecified atom stereocenters. The second-order valence-corrected chi connectivity index (χ2v) is 10.3. The number of nitrogens with zero attached hydrogens (tertiary/aromatic N) is 4. The lowest BCUT2D eigenvalue weighted by molar-refractivity contribution is 0.0793. The molecule has 3 rings (SSSR count). The second-order valence-electron chi connectivity index (χ2n) is 9.45. The fourth-order valence-corrected chi connectivity index (χ4v) is 3.95. The molecule has 0 fully saturated rings. The van der Waals surface area contributed by atoms with E-state index in [0.717, 1.165) is 35.8 Å². The minimum atomic E-state index is -1.17. The molecule has 0 radical (unpaired) electrons. The Bertz CT molecular complexity index is 1220. The number of aliphatic hydroxyl groups is 1. The Morgan fingerprint density at radius 2 is 1.81 bits per heavy atom. The van der Waals surface area contributed by atoms with Crippen LogP contribution in [0.1, 0.15) is 25.0 Å². The molecule has 10 heteroatoms. The van der Waals surface area contributed by atoms with Gasteiger partial charge in [-0.1, -0.05) is 6.07 Å². The molecule has 0 aliphatic carbocycles. The van der Waals surface area contributed by atoms with Gasteiger partial charge in [0.05, 0.1) is 22.9 Å². The summed E-state index contributed by atoms with van der Waals surface area (Å²) in [6.07, 6.45) is 1.61. The summed E-state index contributed by atoms with van der Waals surface area (Å²) in [4.78, 5) is 13.3.